The Morgan fingerprint density at radius 2 is 2.36 bits per heavy atom. The molecule has 0 amide bonds. The van der Waals surface area contributed by atoms with Crippen LogP contribution >= 0.6 is 11.3 Å². The van der Waals surface area contributed by atoms with Crippen LogP contribution in [0.25, 0.3) is 0 Å². The first kappa shape index (κ1) is 11.6. The molecule has 1 N–H and O–H groups in total. The summed E-state index contributed by atoms with van der Waals surface area (Å²) in [5, 5.41) is 6.63. The van der Waals surface area contributed by atoms with Gasteiger partial charge in [-0.15, -0.1) is 11.3 Å². The summed E-state index contributed by atoms with van der Waals surface area (Å²) in [6.45, 7) is 7.45. The van der Waals surface area contributed by atoms with Crippen LogP contribution in [0.3, 0.4) is 0 Å². The van der Waals surface area contributed by atoms with Crippen molar-refractivity contribution in [2.24, 2.45) is 0 Å². The summed E-state index contributed by atoms with van der Waals surface area (Å²) in [5.74, 6) is 0. The van der Waals surface area contributed by atoms with Crippen molar-refractivity contribution < 1.29 is 4.74 Å². The van der Waals surface area contributed by atoms with E-state index in [1.807, 2.05) is 6.92 Å². The SMILES string of the molecule is CCOCCNCc1csc(CC)n1. The first-order valence-electron chi connectivity index (χ1n) is 5.08. The molecule has 14 heavy (non-hydrogen) atoms. The van der Waals surface area contributed by atoms with E-state index in [1.54, 1.807) is 11.3 Å². The van der Waals surface area contributed by atoms with Crippen molar-refractivity contribution in [3.8, 4) is 0 Å². The molecule has 0 spiro atoms. The molecule has 1 aromatic rings. The highest BCUT2D eigenvalue weighted by Gasteiger charge is 1.98. The zero-order chi connectivity index (χ0) is 10.2. The number of rotatable bonds is 7. The average molecular weight is 214 g/mol. The smallest absolute Gasteiger partial charge is 0.0926 e. The average Bonchev–Trinajstić information content (AvgIpc) is 2.65. The molecule has 3 nitrogen and oxygen atoms in total. The number of thiazole rings is 1. The second-order valence-electron chi connectivity index (χ2n) is 2.96. The molecule has 4 heteroatoms. The minimum Gasteiger partial charge on any atom is -0.380 e. The monoisotopic (exact) mass is 214 g/mol. The summed E-state index contributed by atoms with van der Waals surface area (Å²) < 4.78 is 5.22. The molecule has 0 aliphatic rings. The van der Waals surface area contributed by atoms with Crippen LogP contribution in [0.2, 0.25) is 0 Å². The van der Waals surface area contributed by atoms with E-state index in [0.29, 0.717) is 0 Å². The van der Waals surface area contributed by atoms with Gasteiger partial charge >= 0.3 is 0 Å². The number of aromatic nitrogens is 1. The zero-order valence-electron chi connectivity index (χ0n) is 8.88. The van der Waals surface area contributed by atoms with Crippen molar-refractivity contribution >= 4 is 11.3 Å². The van der Waals surface area contributed by atoms with Crippen LogP contribution in [0, 0.1) is 0 Å². The molecule has 0 atom stereocenters. The van der Waals surface area contributed by atoms with E-state index in [4.69, 9.17) is 4.74 Å². The Bertz CT molecular complexity index is 250. The van der Waals surface area contributed by atoms with Gasteiger partial charge in [0.2, 0.25) is 0 Å². The van der Waals surface area contributed by atoms with Crippen molar-refractivity contribution in [3.05, 3.63) is 16.1 Å². The van der Waals surface area contributed by atoms with Gasteiger partial charge in [0.1, 0.15) is 0 Å². The molecule has 0 saturated heterocycles. The summed E-state index contributed by atoms with van der Waals surface area (Å²) in [4.78, 5) is 4.46. The van der Waals surface area contributed by atoms with Gasteiger partial charge < -0.3 is 10.1 Å². The number of ether oxygens (including phenoxy) is 1. The third-order valence-electron chi connectivity index (χ3n) is 1.84. The highest BCUT2D eigenvalue weighted by atomic mass is 32.1. The summed E-state index contributed by atoms with van der Waals surface area (Å²) >= 11 is 1.74. The fraction of sp³-hybridized carbons (Fsp3) is 0.700. The second-order valence-corrected chi connectivity index (χ2v) is 3.90. The highest BCUT2D eigenvalue weighted by Crippen LogP contribution is 2.09. The zero-order valence-corrected chi connectivity index (χ0v) is 9.69. The predicted octanol–water partition coefficient (Wildman–Crippen LogP) is 1.83. The van der Waals surface area contributed by atoms with Gasteiger partial charge in [0.15, 0.2) is 0 Å². The van der Waals surface area contributed by atoms with E-state index in [1.165, 1.54) is 5.01 Å². The van der Waals surface area contributed by atoms with Crippen LogP contribution in [0.15, 0.2) is 5.38 Å². The lowest BCUT2D eigenvalue weighted by Crippen LogP contribution is -2.19. The van der Waals surface area contributed by atoms with Gasteiger partial charge in [0, 0.05) is 25.1 Å². The molecular formula is C10H18N2OS. The lowest BCUT2D eigenvalue weighted by Gasteiger charge is -2.02. The van der Waals surface area contributed by atoms with E-state index in [9.17, 15) is 0 Å². The maximum absolute atomic E-state index is 5.22. The van der Waals surface area contributed by atoms with Crippen molar-refractivity contribution in [2.75, 3.05) is 19.8 Å². The Kier molecular flexibility index (Phi) is 5.75. The number of aryl methyl sites for hydroxylation is 1. The Balaban J connectivity index is 2.12. The normalized spacial score (nSPS) is 10.7. The highest BCUT2D eigenvalue weighted by molar-refractivity contribution is 7.09. The van der Waals surface area contributed by atoms with Crippen LogP contribution < -0.4 is 5.32 Å². The summed E-state index contributed by atoms with van der Waals surface area (Å²) in [6, 6.07) is 0. The van der Waals surface area contributed by atoms with Crippen LogP contribution in [0.4, 0.5) is 0 Å². The first-order valence-corrected chi connectivity index (χ1v) is 5.96. The predicted molar refractivity (Wildman–Crippen MR) is 59.7 cm³/mol. The molecular weight excluding hydrogens is 196 g/mol. The Morgan fingerprint density at radius 3 is 3.00 bits per heavy atom. The van der Waals surface area contributed by atoms with Gasteiger partial charge in [-0.2, -0.15) is 0 Å². The lowest BCUT2D eigenvalue weighted by atomic mass is 10.4. The molecule has 0 aromatic carbocycles. The van der Waals surface area contributed by atoms with E-state index < -0.39 is 0 Å². The molecule has 0 bridgehead atoms. The largest absolute Gasteiger partial charge is 0.380 e. The quantitative estimate of drug-likeness (QED) is 0.703. The number of nitrogens with zero attached hydrogens (tertiary/aromatic N) is 1. The van der Waals surface area contributed by atoms with Gasteiger partial charge in [0.05, 0.1) is 17.3 Å². The fourth-order valence-electron chi connectivity index (χ4n) is 1.10. The lowest BCUT2D eigenvalue weighted by molar-refractivity contribution is 0.149. The molecule has 0 aliphatic heterocycles. The molecule has 0 radical (unpaired) electrons. The molecule has 1 heterocycles. The van der Waals surface area contributed by atoms with E-state index in [-0.39, 0.29) is 0 Å². The van der Waals surface area contributed by atoms with E-state index in [2.05, 4.69) is 22.6 Å². The van der Waals surface area contributed by atoms with Crippen molar-refractivity contribution in [3.63, 3.8) is 0 Å². The summed E-state index contributed by atoms with van der Waals surface area (Å²) in [7, 11) is 0. The Morgan fingerprint density at radius 1 is 1.50 bits per heavy atom. The minimum atomic E-state index is 0.779. The van der Waals surface area contributed by atoms with Crippen molar-refractivity contribution in [1.29, 1.82) is 0 Å². The Hall–Kier alpha value is -0.450. The minimum absolute atomic E-state index is 0.779. The molecule has 1 rings (SSSR count). The maximum atomic E-state index is 5.22. The molecule has 1 aromatic heterocycles. The van der Waals surface area contributed by atoms with E-state index in [0.717, 1.165) is 38.4 Å². The van der Waals surface area contributed by atoms with Gasteiger partial charge in [-0.3, -0.25) is 0 Å². The third kappa shape index (κ3) is 4.17. The summed E-state index contributed by atoms with van der Waals surface area (Å²) in [6.07, 6.45) is 1.03. The molecule has 0 unspecified atom stereocenters. The van der Waals surface area contributed by atoms with Gasteiger partial charge in [-0.1, -0.05) is 6.92 Å². The molecule has 0 fully saturated rings. The molecule has 0 aliphatic carbocycles. The van der Waals surface area contributed by atoms with Crippen LogP contribution in [0.5, 0.6) is 0 Å². The number of hydrogen-bond donors (Lipinski definition) is 1. The second kappa shape index (κ2) is 6.92. The molecule has 80 valence electrons. The van der Waals surface area contributed by atoms with Crippen LogP contribution in [-0.4, -0.2) is 24.7 Å². The van der Waals surface area contributed by atoms with Gasteiger partial charge in [-0.05, 0) is 13.3 Å². The van der Waals surface area contributed by atoms with Gasteiger partial charge in [-0.25, -0.2) is 4.98 Å². The topological polar surface area (TPSA) is 34.1 Å². The summed E-state index contributed by atoms with van der Waals surface area (Å²) in [5.41, 5.74) is 1.14. The maximum Gasteiger partial charge on any atom is 0.0926 e. The Labute approximate surface area is 89.5 Å². The first-order chi connectivity index (χ1) is 6.86. The molecule has 0 saturated carbocycles. The van der Waals surface area contributed by atoms with Gasteiger partial charge in [0.25, 0.3) is 0 Å². The van der Waals surface area contributed by atoms with Crippen molar-refractivity contribution in [2.45, 2.75) is 26.8 Å². The number of nitrogens with one attached hydrogen (secondary N) is 1. The number of hydrogen-bond acceptors (Lipinski definition) is 4. The fourth-order valence-corrected chi connectivity index (χ4v) is 1.84. The van der Waals surface area contributed by atoms with Crippen LogP contribution in [-0.2, 0) is 17.7 Å². The van der Waals surface area contributed by atoms with Crippen molar-refractivity contribution in [1.82, 2.24) is 10.3 Å². The standard InChI is InChI=1S/C10H18N2OS/c1-3-10-12-9(8-14-10)7-11-5-6-13-4-2/h8,11H,3-7H2,1-2H3. The third-order valence-corrected chi connectivity index (χ3v) is 2.88. The van der Waals surface area contributed by atoms with E-state index >= 15 is 0 Å². The van der Waals surface area contributed by atoms with Crippen LogP contribution in [0.1, 0.15) is 24.5 Å².